The molecule has 0 atom stereocenters. The summed E-state index contributed by atoms with van der Waals surface area (Å²) in [4.78, 5) is 2.25. The fourth-order valence-corrected chi connectivity index (χ4v) is 5.64. The predicted molar refractivity (Wildman–Crippen MR) is 165 cm³/mol. The molecule has 6 aromatic carbocycles. The topological polar surface area (TPSA) is 3.24 Å². The minimum Gasteiger partial charge on any atom is -0.311 e. The fraction of sp³-hybridized carbons (Fsp3) is 0. The van der Waals surface area contributed by atoms with E-state index in [0.29, 0.717) is 0 Å². The Morgan fingerprint density at radius 1 is 0.282 bits per heavy atom. The summed E-state index contributed by atoms with van der Waals surface area (Å²) in [6.45, 7) is 0. The molecule has 0 N–H and O–H groups in total. The van der Waals surface area contributed by atoms with Crippen LogP contribution in [0.2, 0.25) is 0 Å². The summed E-state index contributed by atoms with van der Waals surface area (Å²) in [5.74, 6) is 0. The van der Waals surface area contributed by atoms with E-state index < -0.39 is 0 Å². The Labute approximate surface area is 229 Å². The highest BCUT2D eigenvalue weighted by molar-refractivity contribution is 5.89. The number of anilines is 3. The van der Waals surface area contributed by atoms with Crippen molar-refractivity contribution in [3.8, 4) is 22.3 Å². The number of rotatable bonds is 3. The van der Waals surface area contributed by atoms with Crippen LogP contribution in [0.25, 0.3) is 34.4 Å². The average Bonchev–Trinajstić information content (AvgIpc) is 3.58. The monoisotopic (exact) mass is 497 g/mol. The molecule has 0 aliphatic heterocycles. The van der Waals surface area contributed by atoms with Crippen molar-refractivity contribution in [2.24, 2.45) is 0 Å². The molecule has 2 aliphatic rings. The molecular weight excluding hydrogens is 470 g/mol. The first-order chi connectivity index (χ1) is 19.4. The molecule has 1 heteroatoms. The highest BCUT2D eigenvalue weighted by Gasteiger charge is 2.18. The Balaban J connectivity index is 0.000000130. The van der Waals surface area contributed by atoms with E-state index in [0.717, 1.165) is 0 Å². The lowest BCUT2D eigenvalue weighted by Gasteiger charge is -2.25. The van der Waals surface area contributed by atoms with E-state index in [2.05, 4.69) is 151 Å². The Bertz CT molecular complexity index is 1710. The highest BCUT2D eigenvalue weighted by atomic mass is 15.1. The van der Waals surface area contributed by atoms with Gasteiger partial charge in [0.2, 0.25) is 0 Å². The van der Waals surface area contributed by atoms with Gasteiger partial charge in [-0.15, -0.1) is 0 Å². The van der Waals surface area contributed by atoms with Crippen LogP contribution in [0.3, 0.4) is 0 Å². The molecule has 0 saturated heterocycles. The maximum atomic E-state index is 2.33. The second-order valence-corrected chi connectivity index (χ2v) is 9.79. The molecule has 0 amide bonds. The first-order valence-electron chi connectivity index (χ1n) is 13.4. The number of nitrogens with zero attached hydrogens (tertiary/aromatic N) is 1. The van der Waals surface area contributed by atoms with E-state index in [1.807, 2.05) is 18.2 Å². The summed E-state index contributed by atoms with van der Waals surface area (Å²) in [5, 5.41) is 2.75. The van der Waals surface area contributed by atoms with Crippen LogP contribution in [0.5, 0.6) is 0 Å². The molecule has 39 heavy (non-hydrogen) atoms. The smallest absolute Gasteiger partial charge is 0.0461 e. The lowest BCUT2D eigenvalue weighted by Crippen LogP contribution is -2.25. The minimum atomic E-state index is 1.17. The quantitative estimate of drug-likeness (QED) is 0.237. The van der Waals surface area contributed by atoms with E-state index in [4.69, 9.17) is 0 Å². The maximum absolute atomic E-state index is 2.33. The van der Waals surface area contributed by atoms with Gasteiger partial charge in [-0.05, 0) is 92.4 Å². The summed E-state index contributed by atoms with van der Waals surface area (Å²) < 4.78 is 0. The van der Waals surface area contributed by atoms with Crippen molar-refractivity contribution in [3.05, 3.63) is 173 Å². The van der Waals surface area contributed by atoms with Crippen LogP contribution in [0.1, 0.15) is 11.1 Å². The van der Waals surface area contributed by atoms with E-state index >= 15 is 0 Å². The van der Waals surface area contributed by atoms with Gasteiger partial charge in [-0.1, -0.05) is 115 Å². The van der Waals surface area contributed by atoms with Crippen LogP contribution >= 0.6 is 0 Å². The molecule has 0 unspecified atom stereocenters. The number of hydrogen-bond donors (Lipinski definition) is 0. The van der Waals surface area contributed by atoms with Crippen molar-refractivity contribution < 1.29 is 0 Å². The Morgan fingerprint density at radius 2 is 0.615 bits per heavy atom. The van der Waals surface area contributed by atoms with Gasteiger partial charge in [0.1, 0.15) is 0 Å². The van der Waals surface area contributed by atoms with Gasteiger partial charge in [-0.3, -0.25) is 0 Å². The summed E-state index contributed by atoms with van der Waals surface area (Å²) in [5.41, 5.74) is 11.6. The zero-order chi connectivity index (χ0) is 26.0. The van der Waals surface area contributed by atoms with Crippen LogP contribution in [-0.2, 0) is 0 Å². The summed E-state index contributed by atoms with van der Waals surface area (Å²) in [7, 11) is 0. The van der Waals surface area contributed by atoms with Gasteiger partial charge >= 0.3 is 0 Å². The third-order valence-electron chi connectivity index (χ3n) is 7.43. The van der Waals surface area contributed by atoms with Crippen LogP contribution in [0.4, 0.5) is 17.1 Å². The van der Waals surface area contributed by atoms with Gasteiger partial charge < -0.3 is 4.90 Å². The Kier molecular flexibility index (Phi) is 5.88. The predicted octanol–water partition coefficient (Wildman–Crippen LogP) is 8.46. The molecule has 0 heterocycles. The molecule has 0 radical (unpaired) electrons. The largest absolute Gasteiger partial charge is 0.311 e. The first-order valence-corrected chi connectivity index (χ1v) is 13.4. The summed E-state index contributed by atoms with van der Waals surface area (Å²) in [6.07, 6.45) is 4.65. The van der Waals surface area contributed by atoms with E-state index in [-0.39, 0.29) is 0 Å². The average molecular weight is 498 g/mol. The zero-order valence-electron chi connectivity index (χ0n) is 21.5. The standard InChI is InChI=1S/C20H12.C18H15N/c1-3-7-15-13(5-1)11-19-17(15)9-10-18-16-8-4-2-6-14(16)12-20(18)19;1-4-10-16(11-5-1)19(17-12-6-2-7-13-17)18-14-8-3-9-15-18/h1-12H;1-15H. The van der Waals surface area contributed by atoms with E-state index in [1.54, 1.807) is 0 Å². The van der Waals surface area contributed by atoms with Crippen molar-refractivity contribution in [1.82, 2.24) is 0 Å². The van der Waals surface area contributed by atoms with Crippen molar-refractivity contribution in [3.63, 3.8) is 0 Å². The van der Waals surface area contributed by atoms with Crippen LogP contribution in [0, 0.1) is 0 Å². The second kappa shape index (κ2) is 9.96. The molecule has 0 fully saturated rings. The van der Waals surface area contributed by atoms with Gasteiger partial charge in [0.15, 0.2) is 0 Å². The lowest BCUT2D eigenvalue weighted by molar-refractivity contribution is 1.28. The molecule has 0 aromatic heterocycles. The van der Waals surface area contributed by atoms with Crippen LogP contribution in [-0.4, -0.2) is 0 Å². The fourth-order valence-electron chi connectivity index (χ4n) is 5.64. The first kappa shape index (κ1) is 23.0. The van der Waals surface area contributed by atoms with Gasteiger partial charge in [0, 0.05) is 17.1 Å². The van der Waals surface area contributed by atoms with Crippen molar-refractivity contribution >= 4 is 29.2 Å². The highest BCUT2D eigenvalue weighted by Crippen LogP contribution is 2.34. The molecule has 8 rings (SSSR count). The molecule has 0 spiro atoms. The van der Waals surface area contributed by atoms with Crippen LogP contribution in [0.15, 0.2) is 152 Å². The molecular formula is C38H27N. The SMILES string of the molecule is C1=c2c(ccc3c2=Cc2ccccc2-3)-c2ccccc21.c1ccc(N(c2ccccc2)c2ccccc2)cc1. The molecule has 2 aliphatic carbocycles. The van der Waals surface area contributed by atoms with Gasteiger partial charge in [-0.2, -0.15) is 0 Å². The number of para-hydroxylation sites is 3. The van der Waals surface area contributed by atoms with E-state index in [9.17, 15) is 0 Å². The summed E-state index contributed by atoms with van der Waals surface area (Å²) >= 11 is 0. The number of benzene rings is 6. The van der Waals surface area contributed by atoms with Gasteiger partial charge in [0.05, 0.1) is 0 Å². The maximum Gasteiger partial charge on any atom is 0.0461 e. The zero-order valence-corrected chi connectivity index (χ0v) is 21.5. The lowest BCUT2D eigenvalue weighted by atomic mass is 10.0. The Morgan fingerprint density at radius 3 is 1.00 bits per heavy atom. The van der Waals surface area contributed by atoms with Crippen molar-refractivity contribution in [2.75, 3.05) is 4.90 Å². The molecule has 184 valence electrons. The van der Waals surface area contributed by atoms with Crippen molar-refractivity contribution in [1.29, 1.82) is 0 Å². The third-order valence-corrected chi connectivity index (χ3v) is 7.43. The van der Waals surface area contributed by atoms with Crippen molar-refractivity contribution in [2.45, 2.75) is 0 Å². The van der Waals surface area contributed by atoms with Gasteiger partial charge in [0.25, 0.3) is 0 Å². The molecule has 0 saturated carbocycles. The molecule has 0 bridgehead atoms. The minimum absolute atomic E-state index is 1.17. The summed E-state index contributed by atoms with van der Waals surface area (Å²) in [6, 6.07) is 53.1. The number of fused-ring (bicyclic) bond motifs is 7. The van der Waals surface area contributed by atoms with Gasteiger partial charge in [-0.25, -0.2) is 0 Å². The normalized spacial score (nSPS) is 11.5. The van der Waals surface area contributed by atoms with Crippen LogP contribution < -0.4 is 15.3 Å². The Hall–Kier alpha value is -5.14. The number of hydrogen-bond acceptors (Lipinski definition) is 1. The molecule has 6 aromatic rings. The van der Waals surface area contributed by atoms with E-state index in [1.165, 1.54) is 60.9 Å². The second-order valence-electron chi connectivity index (χ2n) is 9.79. The third kappa shape index (κ3) is 4.24. The molecule has 1 nitrogen and oxygen atoms in total.